The standard InChI is InChI=1S/C44H41NO4/c1-32-24-41(47-30-35-18-10-4-11-19-35)38-27-39(45-28-33-14-6-2-7-15-33)44(49-42(38)25-32)37-22-23-40(46-29-34-16-8-3-9-17-34)43(26-37)48-31-36-20-12-5-13-21-36/h2-26,39,44-45H,27-31H2,1H3/t39-,44+/m0/s1. The van der Waals surface area contributed by atoms with E-state index in [0.717, 1.165) is 51.3 Å². The lowest BCUT2D eigenvalue weighted by molar-refractivity contribution is 0.129. The molecule has 0 unspecified atom stereocenters. The third kappa shape index (κ3) is 8.32. The molecule has 7 rings (SSSR count). The zero-order valence-corrected chi connectivity index (χ0v) is 27.8. The van der Waals surface area contributed by atoms with Crippen LogP contribution in [0.4, 0.5) is 0 Å². The van der Waals surface area contributed by atoms with Crippen LogP contribution in [0.5, 0.6) is 23.0 Å². The first-order chi connectivity index (χ1) is 24.2. The zero-order chi connectivity index (χ0) is 33.3. The average Bonchev–Trinajstić information content (AvgIpc) is 3.16. The van der Waals surface area contributed by atoms with Crippen molar-refractivity contribution in [1.29, 1.82) is 0 Å². The first-order valence-electron chi connectivity index (χ1n) is 16.9. The highest BCUT2D eigenvalue weighted by molar-refractivity contribution is 5.51. The molecule has 0 radical (unpaired) electrons. The van der Waals surface area contributed by atoms with Gasteiger partial charge in [0, 0.05) is 12.1 Å². The number of fused-ring (bicyclic) bond motifs is 1. The molecule has 0 bridgehead atoms. The summed E-state index contributed by atoms with van der Waals surface area (Å²) in [6.45, 7) is 4.16. The number of rotatable bonds is 13. The van der Waals surface area contributed by atoms with Gasteiger partial charge in [0.15, 0.2) is 11.5 Å². The molecule has 0 amide bonds. The van der Waals surface area contributed by atoms with E-state index in [9.17, 15) is 0 Å². The molecule has 2 atom stereocenters. The van der Waals surface area contributed by atoms with Gasteiger partial charge in [0.25, 0.3) is 0 Å². The number of benzene rings is 6. The van der Waals surface area contributed by atoms with Crippen LogP contribution in [0.1, 0.15) is 45.0 Å². The van der Waals surface area contributed by atoms with Gasteiger partial charge in [-0.15, -0.1) is 0 Å². The maximum absolute atomic E-state index is 6.94. The minimum absolute atomic E-state index is 0.0347. The van der Waals surface area contributed by atoms with Crippen molar-refractivity contribution in [3.05, 3.63) is 191 Å². The number of aryl methyl sites for hydroxylation is 1. The molecular weight excluding hydrogens is 606 g/mol. The lowest BCUT2D eigenvalue weighted by Gasteiger charge is -2.36. The Kier molecular flexibility index (Phi) is 10.2. The average molecular weight is 648 g/mol. The molecule has 0 aliphatic carbocycles. The van der Waals surface area contributed by atoms with Crippen LogP contribution in [0.15, 0.2) is 152 Å². The van der Waals surface area contributed by atoms with Gasteiger partial charge in [-0.05, 0) is 71.0 Å². The summed E-state index contributed by atoms with van der Waals surface area (Å²) in [6, 6.07) is 51.5. The van der Waals surface area contributed by atoms with Crippen LogP contribution in [0.2, 0.25) is 0 Å². The van der Waals surface area contributed by atoms with Gasteiger partial charge in [0.2, 0.25) is 0 Å². The van der Waals surface area contributed by atoms with Crippen molar-refractivity contribution in [1.82, 2.24) is 5.32 Å². The molecule has 0 aromatic heterocycles. The Morgan fingerprint density at radius 1 is 0.551 bits per heavy atom. The fourth-order valence-electron chi connectivity index (χ4n) is 6.20. The number of nitrogens with one attached hydrogen (secondary N) is 1. The largest absolute Gasteiger partial charge is 0.488 e. The van der Waals surface area contributed by atoms with E-state index in [2.05, 4.69) is 97.2 Å². The van der Waals surface area contributed by atoms with E-state index in [1.54, 1.807) is 0 Å². The second kappa shape index (κ2) is 15.6. The van der Waals surface area contributed by atoms with Crippen LogP contribution in [0.3, 0.4) is 0 Å². The van der Waals surface area contributed by atoms with Crippen molar-refractivity contribution < 1.29 is 18.9 Å². The summed E-state index contributed by atoms with van der Waals surface area (Å²) < 4.78 is 26.2. The molecule has 5 heteroatoms. The van der Waals surface area contributed by atoms with Gasteiger partial charge in [-0.25, -0.2) is 0 Å². The number of ether oxygens (including phenoxy) is 4. The summed E-state index contributed by atoms with van der Waals surface area (Å²) in [5, 5.41) is 3.83. The maximum Gasteiger partial charge on any atom is 0.162 e. The Balaban J connectivity index is 1.20. The van der Waals surface area contributed by atoms with E-state index >= 15 is 0 Å². The Labute approximate surface area is 289 Å². The molecule has 0 saturated heterocycles. The zero-order valence-electron chi connectivity index (χ0n) is 27.8. The minimum Gasteiger partial charge on any atom is -0.488 e. The van der Waals surface area contributed by atoms with Crippen LogP contribution >= 0.6 is 0 Å². The first kappa shape index (κ1) is 32.0. The van der Waals surface area contributed by atoms with E-state index in [1.807, 2.05) is 66.7 Å². The van der Waals surface area contributed by atoms with Crippen molar-refractivity contribution in [3.8, 4) is 23.0 Å². The van der Waals surface area contributed by atoms with E-state index < -0.39 is 0 Å². The predicted octanol–water partition coefficient (Wildman–Crippen LogP) is 9.57. The summed E-state index contributed by atoms with van der Waals surface area (Å²) >= 11 is 0. The Morgan fingerprint density at radius 2 is 1.06 bits per heavy atom. The Hall–Kier alpha value is -5.52. The topological polar surface area (TPSA) is 49.0 Å². The predicted molar refractivity (Wildman–Crippen MR) is 194 cm³/mol. The van der Waals surface area contributed by atoms with Crippen molar-refractivity contribution >= 4 is 0 Å². The van der Waals surface area contributed by atoms with E-state index in [4.69, 9.17) is 18.9 Å². The molecule has 6 aromatic rings. The van der Waals surface area contributed by atoms with Gasteiger partial charge in [0.05, 0.1) is 6.04 Å². The molecule has 5 nitrogen and oxygen atoms in total. The van der Waals surface area contributed by atoms with Crippen molar-refractivity contribution in [2.45, 2.75) is 51.9 Å². The quantitative estimate of drug-likeness (QED) is 0.135. The summed E-state index contributed by atoms with van der Waals surface area (Å²) in [5.74, 6) is 3.09. The van der Waals surface area contributed by atoms with Gasteiger partial charge >= 0.3 is 0 Å². The van der Waals surface area contributed by atoms with E-state index in [0.29, 0.717) is 37.9 Å². The first-order valence-corrected chi connectivity index (χ1v) is 16.9. The molecule has 0 spiro atoms. The third-order valence-corrected chi connectivity index (χ3v) is 8.77. The van der Waals surface area contributed by atoms with Gasteiger partial charge < -0.3 is 24.3 Å². The van der Waals surface area contributed by atoms with Gasteiger partial charge in [-0.1, -0.05) is 127 Å². The highest BCUT2D eigenvalue weighted by Crippen LogP contribution is 2.43. The summed E-state index contributed by atoms with van der Waals surface area (Å²) in [6.07, 6.45) is 0.464. The second-order valence-electron chi connectivity index (χ2n) is 12.5. The van der Waals surface area contributed by atoms with Crippen molar-refractivity contribution in [2.75, 3.05) is 0 Å². The molecule has 1 aliphatic heterocycles. The Bertz CT molecular complexity index is 1930. The van der Waals surface area contributed by atoms with E-state index in [-0.39, 0.29) is 12.1 Å². The molecule has 1 N–H and O–H groups in total. The van der Waals surface area contributed by atoms with Crippen LogP contribution in [0, 0.1) is 6.92 Å². The molecule has 0 saturated carbocycles. The summed E-state index contributed by atoms with van der Waals surface area (Å²) in [4.78, 5) is 0. The normalized spacial score (nSPS) is 15.1. The fraction of sp³-hybridized carbons (Fsp3) is 0.182. The van der Waals surface area contributed by atoms with Crippen LogP contribution in [-0.2, 0) is 32.8 Å². The lowest BCUT2D eigenvalue weighted by Crippen LogP contribution is -2.41. The monoisotopic (exact) mass is 647 g/mol. The van der Waals surface area contributed by atoms with Crippen molar-refractivity contribution in [3.63, 3.8) is 0 Å². The van der Waals surface area contributed by atoms with Crippen molar-refractivity contribution in [2.24, 2.45) is 0 Å². The fourth-order valence-corrected chi connectivity index (χ4v) is 6.20. The molecule has 6 aromatic carbocycles. The number of hydrogen-bond donors (Lipinski definition) is 1. The highest BCUT2D eigenvalue weighted by atomic mass is 16.5. The molecule has 1 aliphatic rings. The second-order valence-corrected chi connectivity index (χ2v) is 12.5. The molecule has 49 heavy (non-hydrogen) atoms. The molecule has 246 valence electrons. The van der Waals surface area contributed by atoms with Crippen LogP contribution in [-0.4, -0.2) is 6.04 Å². The lowest BCUT2D eigenvalue weighted by atomic mass is 9.91. The SMILES string of the molecule is Cc1cc(OCc2ccccc2)c2c(c1)O[C@H](c1ccc(OCc3ccccc3)c(OCc3ccccc3)c1)[C@@H](NCc1ccccc1)C2. The van der Waals surface area contributed by atoms with Gasteiger partial charge in [-0.3, -0.25) is 0 Å². The van der Waals surface area contributed by atoms with Crippen LogP contribution in [0.25, 0.3) is 0 Å². The summed E-state index contributed by atoms with van der Waals surface area (Å²) in [5.41, 5.74) is 7.71. The van der Waals surface area contributed by atoms with Gasteiger partial charge in [-0.2, -0.15) is 0 Å². The van der Waals surface area contributed by atoms with Gasteiger partial charge in [0.1, 0.15) is 37.4 Å². The minimum atomic E-state index is -0.276. The highest BCUT2D eigenvalue weighted by Gasteiger charge is 2.34. The summed E-state index contributed by atoms with van der Waals surface area (Å²) in [7, 11) is 0. The smallest absolute Gasteiger partial charge is 0.162 e. The Morgan fingerprint density at radius 3 is 1.63 bits per heavy atom. The molecular formula is C44H41NO4. The third-order valence-electron chi connectivity index (χ3n) is 8.77. The van der Waals surface area contributed by atoms with E-state index in [1.165, 1.54) is 5.56 Å². The maximum atomic E-state index is 6.94. The molecule has 0 fully saturated rings. The molecule has 1 heterocycles. The number of hydrogen-bond acceptors (Lipinski definition) is 5. The van der Waals surface area contributed by atoms with Crippen LogP contribution < -0.4 is 24.3 Å².